The highest BCUT2D eigenvalue weighted by Gasteiger charge is 2.04. The lowest BCUT2D eigenvalue weighted by Gasteiger charge is -2.08. The van der Waals surface area contributed by atoms with Gasteiger partial charge in [-0.3, -0.25) is 14.9 Å². The monoisotopic (exact) mass is 324 g/mol. The largest absolute Gasteiger partial charge is 0.332 e. The topological polar surface area (TPSA) is 58.2 Å². The zero-order chi connectivity index (χ0) is 16.7. The summed E-state index contributed by atoms with van der Waals surface area (Å²) in [6.07, 6.45) is 3.11. The first-order valence-corrected chi connectivity index (χ1v) is 7.41. The second kappa shape index (κ2) is 8.00. The Labute approximate surface area is 140 Å². The summed E-state index contributed by atoms with van der Waals surface area (Å²) in [5.41, 5.74) is 2.15. The first-order valence-electron chi connectivity index (χ1n) is 7.01. The minimum Gasteiger partial charge on any atom is -0.332 e. The smallest absolute Gasteiger partial charge is 0.250 e. The van der Waals surface area contributed by atoms with Crippen molar-refractivity contribution in [3.05, 3.63) is 71.8 Å². The van der Waals surface area contributed by atoms with Crippen LogP contribution in [0.5, 0.6) is 0 Å². The van der Waals surface area contributed by atoms with E-state index in [1.165, 1.54) is 13.0 Å². The summed E-state index contributed by atoms with van der Waals surface area (Å²) in [6.45, 7) is 1.49. The van der Waals surface area contributed by atoms with Crippen LogP contribution in [0, 0.1) is 0 Å². The number of hydrogen-bond donors (Lipinski definition) is 2. The van der Waals surface area contributed by atoms with Gasteiger partial charge in [-0.05, 0) is 42.9 Å². The minimum absolute atomic E-state index is 0.0330. The van der Waals surface area contributed by atoms with Gasteiger partial charge in [-0.1, -0.05) is 42.5 Å². The van der Waals surface area contributed by atoms with Crippen molar-refractivity contribution >= 4 is 40.8 Å². The average molecular weight is 324 g/mol. The van der Waals surface area contributed by atoms with Crippen LogP contribution in [0.3, 0.4) is 0 Å². The van der Waals surface area contributed by atoms with E-state index in [-0.39, 0.29) is 16.8 Å². The predicted molar refractivity (Wildman–Crippen MR) is 96.3 cm³/mol. The molecule has 0 aromatic heterocycles. The van der Waals surface area contributed by atoms with Gasteiger partial charge in [0, 0.05) is 17.3 Å². The molecule has 0 fully saturated rings. The number of amides is 1. The quantitative estimate of drug-likeness (QED) is 0.514. The van der Waals surface area contributed by atoms with Crippen LogP contribution >= 0.6 is 12.2 Å². The molecule has 0 heterocycles. The van der Waals surface area contributed by atoms with Gasteiger partial charge in [0.1, 0.15) is 0 Å². The molecule has 0 saturated heterocycles. The normalized spacial score (nSPS) is 10.3. The van der Waals surface area contributed by atoms with Crippen molar-refractivity contribution in [2.75, 3.05) is 5.32 Å². The second-order valence-corrected chi connectivity index (χ2v) is 5.23. The molecule has 2 aromatic carbocycles. The van der Waals surface area contributed by atoms with Gasteiger partial charge in [0.2, 0.25) is 5.91 Å². The lowest BCUT2D eigenvalue weighted by molar-refractivity contribution is -0.115. The average Bonchev–Trinajstić information content (AvgIpc) is 2.54. The SMILES string of the molecule is CC(=O)c1cccc(NC(=S)NC(=O)/C=C\c2ccccc2)c1. The molecule has 0 aliphatic rings. The summed E-state index contributed by atoms with van der Waals surface area (Å²) in [5, 5.41) is 5.61. The standard InChI is InChI=1S/C18H16N2O2S/c1-13(21)15-8-5-9-16(12-15)19-18(23)20-17(22)11-10-14-6-3-2-4-7-14/h2-12H,1H3,(H2,19,20,22,23)/b11-10-. The van der Waals surface area contributed by atoms with Crippen LogP contribution in [-0.2, 0) is 4.79 Å². The first-order chi connectivity index (χ1) is 11.0. The van der Waals surface area contributed by atoms with Crippen molar-refractivity contribution in [3.63, 3.8) is 0 Å². The van der Waals surface area contributed by atoms with Crippen LogP contribution in [0.2, 0.25) is 0 Å². The van der Waals surface area contributed by atoms with Gasteiger partial charge in [-0.25, -0.2) is 0 Å². The Morgan fingerprint density at radius 1 is 1.04 bits per heavy atom. The van der Waals surface area contributed by atoms with Crippen molar-refractivity contribution in [2.24, 2.45) is 0 Å². The lowest BCUT2D eigenvalue weighted by atomic mass is 10.1. The summed E-state index contributed by atoms with van der Waals surface area (Å²) in [5.74, 6) is -0.358. The number of thiocarbonyl (C=S) groups is 1. The van der Waals surface area contributed by atoms with E-state index in [0.717, 1.165) is 5.56 Å². The van der Waals surface area contributed by atoms with Crippen LogP contribution in [0.1, 0.15) is 22.8 Å². The van der Waals surface area contributed by atoms with E-state index in [2.05, 4.69) is 10.6 Å². The Morgan fingerprint density at radius 2 is 1.78 bits per heavy atom. The summed E-state index contributed by atoms with van der Waals surface area (Å²) in [7, 11) is 0. The maximum absolute atomic E-state index is 11.8. The number of carbonyl (C=O) groups excluding carboxylic acids is 2. The Balaban J connectivity index is 1.92. The number of benzene rings is 2. The van der Waals surface area contributed by atoms with E-state index in [1.807, 2.05) is 30.3 Å². The molecule has 0 bridgehead atoms. The molecule has 0 aliphatic heterocycles. The van der Waals surface area contributed by atoms with Gasteiger partial charge in [-0.2, -0.15) is 0 Å². The Morgan fingerprint density at radius 3 is 2.48 bits per heavy atom. The molecular weight excluding hydrogens is 308 g/mol. The van der Waals surface area contributed by atoms with Crippen LogP contribution in [0.25, 0.3) is 6.08 Å². The van der Waals surface area contributed by atoms with Gasteiger partial charge in [-0.15, -0.1) is 0 Å². The maximum Gasteiger partial charge on any atom is 0.250 e. The zero-order valence-electron chi connectivity index (χ0n) is 12.6. The third-order valence-electron chi connectivity index (χ3n) is 2.99. The molecule has 0 atom stereocenters. The van der Waals surface area contributed by atoms with E-state index in [4.69, 9.17) is 12.2 Å². The number of hydrogen-bond acceptors (Lipinski definition) is 3. The fourth-order valence-corrected chi connectivity index (χ4v) is 2.09. The number of rotatable bonds is 4. The number of anilines is 1. The molecule has 0 saturated carbocycles. The molecule has 4 nitrogen and oxygen atoms in total. The summed E-state index contributed by atoms with van der Waals surface area (Å²) < 4.78 is 0. The molecule has 0 radical (unpaired) electrons. The number of Topliss-reactive ketones (excluding diaryl/α,β-unsaturated/α-hetero) is 1. The number of ketones is 1. The van der Waals surface area contributed by atoms with Crippen LogP contribution < -0.4 is 10.6 Å². The third-order valence-corrected chi connectivity index (χ3v) is 3.19. The Hall–Kier alpha value is -2.79. The van der Waals surface area contributed by atoms with Crippen molar-refractivity contribution in [1.82, 2.24) is 5.32 Å². The van der Waals surface area contributed by atoms with Crippen molar-refractivity contribution in [2.45, 2.75) is 6.92 Å². The van der Waals surface area contributed by atoms with E-state index in [9.17, 15) is 9.59 Å². The number of nitrogens with one attached hydrogen (secondary N) is 2. The molecule has 2 aromatic rings. The molecule has 1 amide bonds. The second-order valence-electron chi connectivity index (χ2n) is 4.82. The van der Waals surface area contributed by atoms with Crippen LogP contribution in [0.15, 0.2) is 60.7 Å². The lowest BCUT2D eigenvalue weighted by Crippen LogP contribution is -2.32. The molecular formula is C18H16N2O2S. The third kappa shape index (κ3) is 5.48. The summed E-state index contributed by atoms with van der Waals surface area (Å²) in [6, 6.07) is 16.4. The van der Waals surface area contributed by atoms with E-state index >= 15 is 0 Å². The minimum atomic E-state index is -0.325. The van der Waals surface area contributed by atoms with Gasteiger partial charge >= 0.3 is 0 Å². The van der Waals surface area contributed by atoms with E-state index in [0.29, 0.717) is 11.3 Å². The Bertz CT molecular complexity index is 755. The summed E-state index contributed by atoms with van der Waals surface area (Å²) in [4.78, 5) is 23.2. The van der Waals surface area contributed by atoms with Gasteiger partial charge in [0.25, 0.3) is 0 Å². The molecule has 0 spiro atoms. The van der Waals surface area contributed by atoms with Crippen LogP contribution in [-0.4, -0.2) is 16.8 Å². The number of carbonyl (C=O) groups is 2. The molecule has 5 heteroatoms. The fraction of sp³-hybridized carbons (Fsp3) is 0.0556. The molecule has 0 unspecified atom stereocenters. The van der Waals surface area contributed by atoms with Gasteiger partial charge in [0.05, 0.1) is 0 Å². The molecule has 23 heavy (non-hydrogen) atoms. The van der Waals surface area contributed by atoms with Crippen molar-refractivity contribution < 1.29 is 9.59 Å². The summed E-state index contributed by atoms with van der Waals surface area (Å²) >= 11 is 5.09. The molecule has 2 N–H and O–H groups in total. The van der Waals surface area contributed by atoms with Gasteiger partial charge in [0.15, 0.2) is 10.9 Å². The van der Waals surface area contributed by atoms with Crippen LogP contribution in [0.4, 0.5) is 5.69 Å². The molecule has 0 aliphatic carbocycles. The maximum atomic E-state index is 11.8. The molecule has 2 rings (SSSR count). The highest BCUT2D eigenvalue weighted by Crippen LogP contribution is 2.11. The van der Waals surface area contributed by atoms with E-state index < -0.39 is 0 Å². The van der Waals surface area contributed by atoms with Crippen molar-refractivity contribution in [1.29, 1.82) is 0 Å². The zero-order valence-corrected chi connectivity index (χ0v) is 13.4. The first kappa shape index (κ1) is 16.6. The van der Waals surface area contributed by atoms with E-state index in [1.54, 1.807) is 30.3 Å². The van der Waals surface area contributed by atoms with Crippen molar-refractivity contribution in [3.8, 4) is 0 Å². The predicted octanol–water partition coefficient (Wildman–Crippen LogP) is 3.42. The highest BCUT2D eigenvalue weighted by atomic mass is 32.1. The highest BCUT2D eigenvalue weighted by molar-refractivity contribution is 7.80. The Kier molecular flexibility index (Phi) is 5.77. The van der Waals surface area contributed by atoms with Gasteiger partial charge < -0.3 is 5.32 Å². The fourth-order valence-electron chi connectivity index (χ4n) is 1.87. The molecule has 116 valence electrons.